The lowest BCUT2D eigenvalue weighted by Gasteiger charge is -2.10. The molecule has 2 aromatic carbocycles. The number of aryl methyl sites for hydroxylation is 1. The van der Waals surface area contributed by atoms with Crippen LogP contribution in [0.2, 0.25) is 0 Å². The van der Waals surface area contributed by atoms with Gasteiger partial charge in [-0.05, 0) is 48.4 Å². The topological polar surface area (TPSA) is 58.8 Å². The second-order valence-electron chi connectivity index (χ2n) is 6.47. The molecule has 0 bridgehead atoms. The van der Waals surface area contributed by atoms with Crippen LogP contribution in [0, 0.1) is 6.92 Å². The highest BCUT2D eigenvalue weighted by Crippen LogP contribution is 2.35. The van der Waals surface area contributed by atoms with E-state index in [1.165, 1.54) is 5.56 Å². The first kappa shape index (κ1) is 17.0. The lowest BCUT2D eigenvalue weighted by atomic mass is 10.1. The molecular formula is C22H21N3O2. The Bertz CT molecular complexity index is 1090. The first-order valence-electron chi connectivity index (χ1n) is 8.79. The number of aromatic hydroxyl groups is 1. The van der Waals surface area contributed by atoms with Crippen molar-refractivity contribution in [2.45, 2.75) is 13.5 Å². The summed E-state index contributed by atoms with van der Waals surface area (Å²) in [5.41, 5.74) is 4.90. The number of ether oxygens (including phenoxy) is 1. The monoisotopic (exact) mass is 359 g/mol. The van der Waals surface area contributed by atoms with Gasteiger partial charge in [0.1, 0.15) is 17.2 Å². The summed E-state index contributed by atoms with van der Waals surface area (Å²) in [5.74, 6) is 1.44. The van der Waals surface area contributed by atoms with Crippen molar-refractivity contribution in [3.8, 4) is 22.8 Å². The van der Waals surface area contributed by atoms with E-state index in [0.717, 1.165) is 28.3 Å². The van der Waals surface area contributed by atoms with Crippen molar-refractivity contribution in [2.75, 3.05) is 12.4 Å². The second-order valence-corrected chi connectivity index (χ2v) is 6.47. The van der Waals surface area contributed by atoms with Gasteiger partial charge in [-0.2, -0.15) is 0 Å². The van der Waals surface area contributed by atoms with Gasteiger partial charge in [0.05, 0.1) is 7.11 Å². The van der Waals surface area contributed by atoms with Crippen molar-refractivity contribution in [3.63, 3.8) is 0 Å². The van der Waals surface area contributed by atoms with Gasteiger partial charge in [-0.15, -0.1) is 0 Å². The SMILES string of the molecule is COc1cc(-c2nc3cc(C)ccn3c2NCc2ccccc2)ccc1O. The standard InChI is InChI=1S/C22H21N3O2/c1-15-10-11-25-20(12-15)24-21(17-8-9-18(26)19(13-17)27-2)22(25)23-14-16-6-4-3-5-7-16/h3-13,23,26H,14H2,1-2H3. The number of fused-ring (bicyclic) bond motifs is 1. The molecule has 0 atom stereocenters. The molecule has 0 amide bonds. The third kappa shape index (κ3) is 3.31. The van der Waals surface area contributed by atoms with E-state index in [1.54, 1.807) is 19.2 Å². The van der Waals surface area contributed by atoms with E-state index in [-0.39, 0.29) is 5.75 Å². The maximum absolute atomic E-state index is 9.91. The molecule has 0 saturated carbocycles. The Morgan fingerprint density at radius 2 is 1.89 bits per heavy atom. The van der Waals surface area contributed by atoms with Crippen molar-refractivity contribution in [2.24, 2.45) is 0 Å². The average Bonchev–Trinajstić information content (AvgIpc) is 3.05. The van der Waals surface area contributed by atoms with Gasteiger partial charge in [0.25, 0.3) is 0 Å². The molecule has 0 aliphatic heterocycles. The van der Waals surface area contributed by atoms with Crippen molar-refractivity contribution in [1.82, 2.24) is 9.38 Å². The molecule has 0 radical (unpaired) electrons. The number of imidazole rings is 1. The van der Waals surface area contributed by atoms with Crippen LogP contribution < -0.4 is 10.1 Å². The van der Waals surface area contributed by atoms with E-state index in [1.807, 2.05) is 34.9 Å². The predicted molar refractivity (Wildman–Crippen MR) is 107 cm³/mol. The van der Waals surface area contributed by atoms with Crippen LogP contribution in [-0.4, -0.2) is 21.6 Å². The molecule has 27 heavy (non-hydrogen) atoms. The van der Waals surface area contributed by atoms with Crippen molar-refractivity contribution >= 4 is 11.5 Å². The van der Waals surface area contributed by atoms with Crippen LogP contribution >= 0.6 is 0 Å². The summed E-state index contributed by atoms with van der Waals surface area (Å²) in [5, 5.41) is 13.4. The van der Waals surface area contributed by atoms with Gasteiger partial charge in [0, 0.05) is 18.3 Å². The van der Waals surface area contributed by atoms with Gasteiger partial charge in [-0.1, -0.05) is 30.3 Å². The Labute approximate surface area is 157 Å². The molecular weight excluding hydrogens is 338 g/mol. The van der Waals surface area contributed by atoms with E-state index in [0.29, 0.717) is 12.3 Å². The van der Waals surface area contributed by atoms with E-state index >= 15 is 0 Å². The van der Waals surface area contributed by atoms with Crippen LogP contribution in [-0.2, 0) is 6.54 Å². The van der Waals surface area contributed by atoms with Crippen LogP contribution in [0.15, 0.2) is 66.9 Å². The molecule has 2 N–H and O–H groups in total. The second kappa shape index (κ2) is 7.03. The fourth-order valence-electron chi connectivity index (χ4n) is 3.12. The van der Waals surface area contributed by atoms with Gasteiger partial charge in [-0.3, -0.25) is 4.40 Å². The zero-order valence-electron chi connectivity index (χ0n) is 15.3. The Hall–Kier alpha value is -3.47. The quantitative estimate of drug-likeness (QED) is 0.545. The summed E-state index contributed by atoms with van der Waals surface area (Å²) in [4.78, 5) is 4.82. The molecule has 5 nitrogen and oxygen atoms in total. The predicted octanol–water partition coefficient (Wildman–Crippen LogP) is 4.64. The van der Waals surface area contributed by atoms with Crippen molar-refractivity contribution in [1.29, 1.82) is 0 Å². The zero-order chi connectivity index (χ0) is 18.8. The number of pyridine rings is 1. The van der Waals surface area contributed by atoms with Gasteiger partial charge >= 0.3 is 0 Å². The molecule has 5 heteroatoms. The Morgan fingerprint density at radius 3 is 2.67 bits per heavy atom. The van der Waals surface area contributed by atoms with Crippen LogP contribution in [0.4, 0.5) is 5.82 Å². The molecule has 136 valence electrons. The summed E-state index contributed by atoms with van der Waals surface area (Å²) < 4.78 is 7.31. The van der Waals surface area contributed by atoms with Crippen LogP contribution in [0.1, 0.15) is 11.1 Å². The number of nitrogens with zero attached hydrogens (tertiary/aromatic N) is 2. The van der Waals surface area contributed by atoms with E-state index < -0.39 is 0 Å². The molecule has 0 spiro atoms. The molecule has 0 unspecified atom stereocenters. The molecule has 2 heterocycles. The number of benzene rings is 2. The molecule has 0 fully saturated rings. The highest BCUT2D eigenvalue weighted by Gasteiger charge is 2.16. The van der Waals surface area contributed by atoms with Gasteiger partial charge in [-0.25, -0.2) is 4.98 Å². The number of phenolic OH excluding ortho intramolecular Hbond substituents is 1. The Kier molecular flexibility index (Phi) is 4.42. The van der Waals surface area contributed by atoms with Gasteiger partial charge in [0.15, 0.2) is 11.5 Å². The minimum absolute atomic E-state index is 0.111. The maximum Gasteiger partial charge on any atom is 0.161 e. The first-order chi connectivity index (χ1) is 13.2. The number of rotatable bonds is 5. The van der Waals surface area contributed by atoms with E-state index in [9.17, 15) is 5.11 Å². The minimum atomic E-state index is 0.111. The minimum Gasteiger partial charge on any atom is -0.504 e. The average molecular weight is 359 g/mol. The summed E-state index contributed by atoms with van der Waals surface area (Å²) in [6, 6.07) is 19.6. The third-order valence-corrected chi connectivity index (χ3v) is 4.54. The number of hydrogen-bond acceptors (Lipinski definition) is 4. The molecule has 0 aliphatic carbocycles. The number of hydrogen-bond donors (Lipinski definition) is 2. The number of nitrogens with one attached hydrogen (secondary N) is 1. The lowest BCUT2D eigenvalue weighted by molar-refractivity contribution is 0.373. The first-order valence-corrected chi connectivity index (χ1v) is 8.79. The molecule has 0 saturated heterocycles. The maximum atomic E-state index is 9.91. The van der Waals surface area contributed by atoms with Crippen LogP contribution in [0.3, 0.4) is 0 Å². The fraction of sp³-hybridized carbons (Fsp3) is 0.136. The largest absolute Gasteiger partial charge is 0.504 e. The summed E-state index contributed by atoms with van der Waals surface area (Å²) >= 11 is 0. The normalized spacial score (nSPS) is 10.9. The summed E-state index contributed by atoms with van der Waals surface area (Å²) in [6.07, 6.45) is 2.02. The summed E-state index contributed by atoms with van der Waals surface area (Å²) in [7, 11) is 1.54. The Balaban J connectivity index is 1.81. The zero-order valence-corrected chi connectivity index (χ0v) is 15.3. The van der Waals surface area contributed by atoms with Crippen molar-refractivity contribution < 1.29 is 9.84 Å². The highest BCUT2D eigenvalue weighted by molar-refractivity contribution is 5.78. The molecule has 4 aromatic rings. The van der Waals surface area contributed by atoms with Crippen LogP contribution in [0.5, 0.6) is 11.5 Å². The fourth-order valence-corrected chi connectivity index (χ4v) is 3.12. The van der Waals surface area contributed by atoms with Crippen LogP contribution in [0.25, 0.3) is 16.9 Å². The number of phenols is 1. The van der Waals surface area contributed by atoms with Gasteiger partial charge in [0.2, 0.25) is 0 Å². The lowest BCUT2D eigenvalue weighted by Crippen LogP contribution is -2.03. The number of anilines is 1. The highest BCUT2D eigenvalue weighted by atomic mass is 16.5. The smallest absolute Gasteiger partial charge is 0.161 e. The Morgan fingerprint density at radius 1 is 1.07 bits per heavy atom. The molecule has 4 rings (SSSR count). The summed E-state index contributed by atoms with van der Waals surface area (Å²) in [6.45, 7) is 2.74. The van der Waals surface area contributed by atoms with Gasteiger partial charge < -0.3 is 15.2 Å². The third-order valence-electron chi connectivity index (χ3n) is 4.54. The number of aromatic nitrogens is 2. The number of methoxy groups -OCH3 is 1. The van der Waals surface area contributed by atoms with E-state index in [4.69, 9.17) is 9.72 Å². The van der Waals surface area contributed by atoms with E-state index in [2.05, 4.69) is 36.5 Å². The van der Waals surface area contributed by atoms with Crippen molar-refractivity contribution in [3.05, 3.63) is 78.0 Å². The molecule has 0 aliphatic rings. The molecule has 2 aromatic heterocycles.